The Morgan fingerprint density at radius 2 is 2.00 bits per heavy atom. The number of guanidine groups is 1. The molecule has 9 heteroatoms. The molecule has 0 bridgehead atoms. The Labute approximate surface area is 189 Å². The van der Waals surface area contributed by atoms with Crippen LogP contribution in [-0.4, -0.2) is 62.6 Å². The first-order valence-corrected chi connectivity index (χ1v) is 10.0. The molecule has 29 heavy (non-hydrogen) atoms. The second kappa shape index (κ2) is 11.9. The number of carbonyl (C=O) groups is 1. The van der Waals surface area contributed by atoms with Crippen LogP contribution in [0.4, 0.5) is 4.79 Å². The van der Waals surface area contributed by atoms with E-state index in [0.717, 1.165) is 43.3 Å². The zero-order valence-corrected chi connectivity index (χ0v) is 19.4. The van der Waals surface area contributed by atoms with Crippen molar-refractivity contribution in [3.63, 3.8) is 0 Å². The lowest BCUT2D eigenvalue weighted by molar-refractivity contribution is 0.0963. The number of fused-ring (bicyclic) bond motifs is 1. The van der Waals surface area contributed by atoms with E-state index in [-0.39, 0.29) is 30.1 Å². The third-order valence-corrected chi connectivity index (χ3v) is 4.81. The highest BCUT2D eigenvalue weighted by molar-refractivity contribution is 14.0. The van der Waals surface area contributed by atoms with Crippen LogP contribution < -0.4 is 20.1 Å². The standard InChI is InChI=1S/C20H30N4O4.HI/c1-3-21-19(23-16-8-11-24(12-9-16)20(25)26-4-2)22-10-7-15-5-6-17-18(13-15)28-14-27-17;/h5-6,13,16H,3-4,7-12,14H2,1-2H3,(H2,21,22,23);1H. The smallest absolute Gasteiger partial charge is 0.409 e. The van der Waals surface area contributed by atoms with Crippen LogP contribution in [0.25, 0.3) is 0 Å². The normalized spacial score (nSPS) is 16.2. The van der Waals surface area contributed by atoms with Crippen LogP contribution in [-0.2, 0) is 11.2 Å². The fourth-order valence-corrected chi connectivity index (χ4v) is 3.33. The first-order valence-electron chi connectivity index (χ1n) is 10.0. The van der Waals surface area contributed by atoms with Crippen molar-refractivity contribution in [2.24, 2.45) is 4.99 Å². The molecule has 8 nitrogen and oxygen atoms in total. The number of halogens is 1. The summed E-state index contributed by atoms with van der Waals surface area (Å²) in [4.78, 5) is 18.3. The van der Waals surface area contributed by atoms with Crippen LogP contribution in [0.2, 0.25) is 0 Å². The van der Waals surface area contributed by atoms with Gasteiger partial charge in [0.25, 0.3) is 0 Å². The van der Waals surface area contributed by atoms with Crippen LogP contribution in [0.15, 0.2) is 23.2 Å². The molecule has 1 fully saturated rings. The summed E-state index contributed by atoms with van der Waals surface area (Å²) < 4.78 is 15.8. The van der Waals surface area contributed by atoms with Crippen LogP contribution in [0.1, 0.15) is 32.3 Å². The van der Waals surface area contributed by atoms with E-state index in [4.69, 9.17) is 19.2 Å². The second-order valence-corrected chi connectivity index (χ2v) is 6.80. The fraction of sp³-hybridized carbons (Fsp3) is 0.600. The molecular formula is C20H31IN4O4. The molecule has 0 unspecified atom stereocenters. The molecule has 2 N–H and O–H groups in total. The van der Waals surface area contributed by atoms with Crippen LogP contribution in [0.3, 0.4) is 0 Å². The quantitative estimate of drug-likeness (QED) is 0.343. The Balaban J connectivity index is 0.00000300. The van der Waals surface area contributed by atoms with E-state index in [1.54, 1.807) is 4.90 Å². The molecule has 2 aliphatic heterocycles. The zero-order valence-electron chi connectivity index (χ0n) is 17.1. The average Bonchev–Trinajstić information content (AvgIpc) is 3.17. The summed E-state index contributed by atoms with van der Waals surface area (Å²) in [6.07, 6.45) is 2.37. The monoisotopic (exact) mass is 518 g/mol. The molecule has 2 aliphatic rings. The number of piperidine rings is 1. The van der Waals surface area contributed by atoms with Crippen molar-refractivity contribution >= 4 is 36.0 Å². The average molecular weight is 518 g/mol. The second-order valence-electron chi connectivity index (χ2n) is 6.80. The van der Waals surface area contributed by atoms with Gasteiger partial charge >= 0.3 is 6.09 Å². The summed E-state index contributed by atoms with van der Waals surface area (Å²) >= 11 is 0. The molecule has 162 valence electrons. The number of amides is 1. The largest absolute Gasteiger partial charge is 0.454 e. The van der Waals surface area contributed by atoms with Gasteiger partial charge in [-0.25, -0.2) is 4.79 Å². The Bertz CT molecular complexity index is 693. The highest BCUT2D eigenvalue weighted by Crippen LogP contribution is 2.32. The summed E-state index contributed by atoms with van der Waals surface area (Å²) in [6.45, 7) is 7.47. The Hall–Kier alpha value is -1.91. The van der Waals surface area contributed by atoms with Gasteiger partial charge in [0.15, 0.2) is 17.5 Å². The molecule has 3 rings (SSSR count). The summed E-state index contributed by atoms with van der Waals surface area (Å²) in [5.74, 6) is 2.43. The van der Waals surface area contributed by atoms with Gasteiger partial charge in [-0.2, -0.15) is 0 Å². The number of rotatable bonds is 6. The first kappa shape index (κ1) is 23.4. The molecule has 2 heterocycles. The zero-order chi connectivity index (χ0) is 19.8. The van der Waals surface area contributed by atoms with Gasteiger partial charge < -0.3 is 29.7 Å². The molecule has 0 aliphatic carbocycles. The van der Waals surface area contributed by atoms with Gasteiger partial charge in [0.2, 0.25) is 6.79 Å². The molecule has 1 saturated heterocycles. The van der Waals surface area contributed by atoms with Gasteiger partial charge in [0.1, 0.15) is 0 Å². The van der Waals surface area contributed by atoms with E-state index in [2.05, 4.69) is 23.6 Å². The van der Waals surface area contributed by atoms with E-state index in [9.17, 15) is 4.79 Å². The van der Waals surface area contributed by atoms with E-state index >= 15 is 0 Å². The maximum absolute atomic E-state index is 11.8. The van der Waals surface area contributed by atoms with E-state index in [1.807, 2.05) is 19.1 Å². The van der Waals surface area contributed by atoms with Gasteiger partial charge in [-0.1, -0.05) is 6.07 Å². The highest BCUT2D eigenvalue weighted by atomic mass is 127. The maximum atomic E-state index is 11.8. The van der Waals surface area contributed by atoms with Crippen molar-refractivity contribution in [3.8, 4) is 11.5 Å². The Morgan fingerprint density at radius 1 is 1.24 bits per heavy atom. The Morgan fingerprint density at radius 3 is 2.72 bits per heavy atom. The predicted octanol–water partition coefficient (Wildman–Crippen LogP) is 2.75. The predicted molar refractivity (Wildman–Crippen MR) is 122 cm³/mol. The van der Waals surface area contributed by atoms with Crippen molar-refractivity contribution in [3.05, 3.63) is 23.8 Å². The summed E-state index contributed by atoms with van der Waals surface area (Å²) in [5.41, 5.74) is 1.17. The number of likely N-dealkylation sites (tertiary alicyclic amines) is 1. The van der Waals surface area contributed by atoms with E-state index in [0.29, 0.717) is 39.1 Å². The first-order chi connectivity index (χ1) is 13.7. The minimum absolute atomic E-state index is 0. The van der Waals surface area contributed by atoms with Crippen molar-refractivity contribution in [2.75, 3.05) is 39.6 Å². The molecule has 0 radical (unpaired) electrons. The summed E-state index contributed by atoms with van der Waals surface area (Å²) in [5, 5.41) is 6.79. The van der Waals surface area contributed by atoms with Gasteiger partial charge in [-0.3, -0.25) is 4.99 Å². The minimum atomic E-state index is -0.217. The lowest BCUT2D eigenvalue weighted by atomic mass is 10.1. The molecule has 0 atom stereocenters. The maximum Gasteiger partial charge on any atom is 0.409 e. The molecule has 1 aromatic rings. The lowest BCUT2D eigenvalue weighted by Gasteiger charge is -2.32. The minimum Gasteiger partial charge on any atom is -0.454 e. The number of carbonyl (C=O) groups excluding carboxylic acids is 1. The van der Waals surface area contributed by atoms with Crippen LogP contribution in [0, 0.1) is 0 Å². The summed E-state index contributed by atoms with van der Waals surface area (Å²) in [7, 11) is 0. The number of hydrogen-bond donors (Lipinski definition) is 2. The van der Waals surface area contributed by atoms with Crippen molar-refractivity contribution in [1.82, 2.24) is 15.5 Å². The van der Waals surface area contributed by atoms with Gasteiger partial charge in [-0.05, 0) is 50.8 Å². The molecular weight excluding hydrogens is 487 g/mol. The molecule has 0 spiro atoms. The van der Waals surface area contributed by atoms with E-state index < -0.39 is 0 Å². The topological polar surface area (TPSA) is 84.4 Å². The van der Waals surface area contributed by atoms with E-state index in [1.165, 1.54) is 5.56 Å². The van der Waals surface area contributed by atoms with Gasteiger partial charge in [-0.15, -0.1) is 24.0 Å². The number of nitrogens with one attached hydrogen (secondary N) is 2. The number of aliphatic imine (C=N–C) groups is 1. The van der Waals surface area contributed by atoms with Crippen molar-refractivity contribution in [2.45, 2.75) is 39.2 Å². The van der Waals surface area contributed by atoms with Gasteiger partial charge in [0.05, 0.1) is 6.61 Å². The number of benzene rings is 1. The Kier molecular flexibility index (Phi) is 9.62. The van der Waals surface area contributed by atoms with Gasteiger partial charge in [0, 0.05) is 32.2 Å². The van der Waals surface area contributed by atoms with Crippen LogP contribution >= 0.6 is 24.0 Å². The van der Waals surface area contributed by atoms with Crippen molar-refractivity contribution < 1.29 is 19.0 Å². The highest BCUT2D eigenvalue weighted by Gasteiger charge is 2.24. The molecule has 0 saturated carbocycles. The van der Waals surface area contributed by atoms with Crippen molar-refractivity contribution in [1.29, 1.82) is 0 Å². The SMILES string of the molecule is CCNC(=NCCc1ccc2c(c1)OCO2)NC1CCN(C(=O)OCC)CC1.I. The molecule has 1 amide bonds. The fourth-order valence-electron chi connectivity index (χ4n) is 3.33. The summed E-state index contributed by atoms with van der Waals surface area (Å²) in [6, 6.07) is 6.31. The van der Waals surface area contributed by atoms with Crippen LogP contribution in [0.5, 0.6) is 11.5 Å². The number of nitrogens with zero attached hydrogens (tertiary/aromatic N) is 2. The molecule has 1 aromatic carbocycles. The number of hydrogen-bond acceptors (Lipinski definition) is 5. The number of ether oxygens (including phenoxy) is 3. The third-order valence-electron chi connectivity index (χ3n) is 4.81. The molecule has 0 aromatic heterocycles. The third kappa shape index (κ3) is 6.83. The lowest BCUT2D eigenvalue weighted by Crippen LogP contribution is -2.50.